The number of likely N-dealkylation sites (tertiary alicyclic amines) is 1. The molecule has 8 atom stereocenters. The van der Waals surface area contributed by atoms with Crippen LogP contribution < -0.4 is 20.1 Å². The van der Waals surface area contributed by atoms with Gasteiger partial charge in [0, 0.05) is 18.3 Å². The lowest BCUT2D eigenvalue weighted by Gasteiger charge is -2.38. The standard InChI is InChI=1S/C37H47N3O6/c1-21(2)25-11-13-26(14-12-25)38-34(41)31-29-16-18-37(46-29)32(31)36(43)40(19-17-24-10-15-28(44-5)30(20-24)45-6)33(37)35(42)39-27-9-7-8-22(3)23(27)4/h10-16,18,20-23,27,29,31-33H,7-9,17,19H2,1-6H3,(H,38,41)(H,39,42)/t22-,23+,27+,29+,31+,32+,33-,37-/m0/s1. The van der Waals surface area contributed by atoms with E-state index in [1.807, 2.05) is 54.6 Å². The minimum Gasteiger partial charge on any atom is -0.493 e. The number of fused-ring (bicyclic) bond motifs is 1. The van der Waals surface area contributed by atoms with Crippen molar-refractivity contribution in [1.82, 2.24) is 10.2 Å². The van der Waals surface area contributed by atoms with E-state index in [0.717, 1.165) is 24.8 Å². The molecule has 246 valence electrons. The van der Waals surface area contributed by atoms with Crippen LogP contribution in [-0.2, 0) is 25.5 Å². The van der Waals surface area contributed by atoms with Gasteiger partial charge in [-0.1, -0.05) is 70.9 Å². The maximum absolute atomic E-state index is 14.4. The summed E-state index contributed by atoms with van der Waals surface area (Å²) in [5.74, 6) is 0.128. The van der Waals surface area contributed by atoms with Crippen LogP contribution >= 0.6 is 0 Å². The van der Waals surface area contributed by atoms with Gasteiger partial charge in [0.05, 0.1) is 32.2 Å². The van der Waals surface area contributed by atoms with E-state index in [9.17, 15) is 14.4 Å². The molecule has 1 spiro atoms. The van der Waals surface area contributed by atoms with E-state index >= 15 is 0 Å². The first kappa shape index (κ1) is 32.1. The van der Waals surface area contributed by atoms with Crippen molar-refractivity contribution in [1.29, 1.82) is 0 Å². The normalized spacial score (nSPS) is 31.2. The summed E-state index contributed by atoms with van der Waals surface area (Å²) in [4.78, 5) is 44.3. The van der Waals surface area contributed by atoms with Crippen molar-refractivity contribution < 1.29 is 28.6 Å². The lowest BCUT2D eigenvalue weighted by atomic mass is 9.73. The van der Waals surface area contributed by atoms with E-state index in [4.69, 9.17) is 14.2 Å². The Hall–Kier alpha value is -3.85. The van der Waals surface area contributed by atoms with Gasteiger partial charge in [-0.05, 0) is 66.0 Å². The van der Waals surface area contributed by atoms with Gasteiger partial charge in [-0.2, -0.15) is 0 Å². The molecule has 1 aliphatic carbocycles. The Kier molecular flexibility index (Phi) is 8.89. The number of nitrogens with one attached hydrogen (secondary N) is 2. The summed E-state index contributed by atoms with van der Waals surface area (Å²) in [5.41, 5.74) is 1.57. The molecule has 3 fully saturated rings. The first-order valence-corrected chi connectivity index (χ1v) is 16.7. The van der Waals surface area contributed by atoms with Crippen LogP contribution in [0.1, 0.15) is 64.0 Å². The van der Waals surface area contributed by atoms with Gasteiger partial charge in [-0.3, -0.25) is 14.4 Å². The van der Waals surface area contributed by atoms with Crippen molar-refractivity contribution in [3.8, 4) is 11.5 Å². The van der Waals surface area contributed by atoms with Gasteiger partial charge < -0.3 is 29.7 Å². The van der Waals surface area contributed by atoms with Crippen LogP contribution in [0.25, 0.3) is 0 Å². The van der Waals surface area contributed by atoms with E-state index < -0.39 is 29.6 Å². The fourth-order valence-electron chi connectivity index (χ4n) is 8.02. The van der Waals surface area contributed by atoms with Gasteiger partial charge in [-0.25, -0.2) is 0 Å². The minimum atomic E-state index is -1.21. The van der Waals surface area contributed by atoms with Crippen molar-refractivity contribution in [3.63, 3.8) is 0 Å². The number of amides is 3. The summed E-state index contributed by atoms with van der Waals surface area (Å²) in [7, 11) is 3.18. The van der Waals surface area contributed by atoms with E-state index in [1.54, 1.807) is 19.1 Å². The molecule has 9 nitrogen and oxygen atoms in total. The van der Waals surface area contributed by atoms with E-state index in [2.05, 4.69) is 38.3 Å². The topological polar surface area (TPSA) is 106 Å². The van der Waals surface area contributed by atoms with Crippen molar-refractivity contribution in [2.24, 2.45) is 23.7 Å². The number of carbonyl (C=O) groups is 3. The second-order valence-corrected chi connectivity index (χ2v) is 13.8. The highest BCUT2D eigenvalue weighted by atomic mass is 16.5. The SMILES string of the molecule is COc1ccc(CCN2C(=O)[C@H]3[C@H](C(=O)Nc4ccc(C(C)C)cc4)[C@H]4C=C[C@@]3(O4)[C@@H]2C(=O)N[C@@H]2CCC[C@H](C)[C@H]2C)cc1OC. The molecule has 0 unspecified atom stereocenters. The molecule has 0 radical (unpaired) electrons. The van der Waals surface area contributed by atoms with Crippen LogP contribution in [-0.4, -0.2) is 67.2 Å². The zero-order valence-electron chi connectivity index (χ0n) is 27.7. The molecule has 2 N–H and O–H groups in total. The number of hydrogen-bond donors (Lipinski definition) is 2. The molecule has 0 aromatic heterocycles. The van der Waals surface area contributed by atoms with Crippen LogP contribution in [0.15, 0.2) is 54.6 Å². The smallest absolute Gasteiger partial charge is 0.246 e. The zero-order chi connectivity index (χ0) is 32.7. The molecule has 6 rings (SSSR count). The molecule has 2 bridgehead atoms. The quantitative estimate of drug-likeness (QED) is 0.355. The summed E-state index contributed by atoms with van der Waals surface area (Å²) >= 11 is 0. The lowest BCUT2D eigenvalue weighted by Crippen LogP contribution is -2.58. The largest absolute Gasteiger partial charge is 0.493 e. The Bertz CT molecular complexity index is 1500. The number of benzene rings is 2. The molecule has 2 saturated heterocycles. The first-order valence-electron chi connectivity index (χ1n) is 16.7. The monoisotopic (exact) mass is 629 g/mol. The second kappa shape index (κ2) is 12.7. The highest BCUT2D eigenvalue weighted by molar-refractivity contribution is 6.02. The van der Waals surface area contributed by atoms with Crippen LogP contribution in [0.2, 0.25) is 0 Å². The molecule has 3 heterocycles. The molecule has 2 aromatic carbocycles. The van der Waals surface area contributed by atoms with Crippen molar-refractivity contribution in [2.45, 2.75) is 83.1 Å². The first-order chi connectivity index (χ1) is 22.1. The summed E-state index contributed by atoms with van der Waals surface area (Å²) in [6, 6.07) is 12.6. The predicted octanol–water partition coefficient (Wildman–Crippen LogP) is 5.10. The van der Waals surface area contributed by atoms with Gasteiger partial charge in [0.25, 0.3) is 0 Å². The summed E-state index contributed by atoms with van der Waals surface area (Å²) in [6.07, 6.45) is 6.73. The molecular weight excluding hydrogens is 582 g/mol. The molecule has 46 heavy (non-hydrogen) atoms. The summed E-state index contributed by atoms with van der Waals surface area (Å²) < 4.78 is 17.5. The van der Waals surface area contributed by atoms with Crippen molar-refractivity contribution >= 4 is 23.4 Å². The fourth-order valence-corrected chi connectivity index (χ4v) is 8.02. The third kappa shape index (κ3) is 5.57. The van der Waals surface area contributed by atoms with Gasteiger partial charge in [0.15, 0.2) is 11.5 Å². The molecule has 1 saturated carbocycles. The number of nitrogens with zero attached hydrogens (tertiary/aromatic N) is 1. The maximum Gasteiger partial charge on any atom is 0.246 e. The van der Waals surface area contributed by atoms with Crippen LogP contribution in [0.3, 0.4) is 0 Å². The molecule has 2 aromatic rings. The highest BCUT2D eigenvalue weighted by Crippen LogP contribution is 2.55. The minimum absolute atomic E-state index is 0.0185. The van der Waals surface area contributed by atoms with Crippen LogP contribution in [0.4, 0.5) is 5.69 Å². The summed E-state index contributed by atoms with van der Waals surface area (Å²) in [5, 5.41) is 6.36. The summed E-state index contributed by atoms with van der Waals surface area (Å²) in [6.45, 7) is 8.95. The van der Waals surface area contributed by atoms with E-state index in [-0.39, 0.29) is 30.3 Å². The number of carbonyl (C=O) groups excluding carboxylic acids is 3. The average Bonchev–Trinajstić information content (AvgIpc) is 3.69. The van der Waals surface area contributed by atoms with Gasteiger partial charge >= 0.3 is 0 Å². The van der Waals surface area contributed by atoms with Gasteiger partial charge in [-0.15, -0.1) is 0 Å². The number of anilines is 1. The van der Waals surface area contributed by atoms with Gasteiger partial charge in [0.2, 0.25) is 17.7 Å². The number of methoxy groups -OCH3 is 2. The Morgan fingerprint density at radius 1 is 1.02 bits per heavy atom. The zero-order valence-corrected chi connectivity index (χ0v) is 27.7. The predicted molar refractivity (Wildman–Crippen MR) is 176 cm³/mol. The third-order valence-electron chi connectivity index (χ3n) is 10.9. The Labute approximate surface area is 272 Å². The lowest BCUT2D eigenvalue weighted by molar-refractivity contribution is -0.141. The molecule has 4 aliphatic rings. The number of hydrogen-bond acceptors (Lipinski definition) is 6. The molecule has 3 aliphatic heterocycles. The Morgan fingerprint density at radius 2 is 1.76 bits per heavy atom. The highest BCUT2D eigenvalue weighted by Gasteiger charge is 2.72. The van der Waals surface area contributed by atoms with Crippen LogP contribution in [0.5, 0.6) is 11.5 Å². The third-order valence-corrected chi connectivity index (χ3v) is 10.9. The average molecular weight is 630 g/mol. The van der Waals surface area contributed by atoms with Crippen molar-refractivity contribution in [3.05, 3.63) is 65.7 Å². The van der Waals surface area contributed by atoms with Crippen molar-refractivity contribution in [2.75, 3.05) is 26.1 Å². The van der Waals surface area contributed by atoms with E-state index in [0.29, 0.717) is 41.4 Å². The molecule has 3 amide bonds. The fraction of sp³-hybridized carbons (Fsp3) is 0.541. The second-order valence-electron chi connectivity index (χ2n) is 13.8. The van der Waals surface area contributed by atoms with Gasteiger partial charge in [0.1, 0.15) is 11.6 Å². The van der Waals surface area contributed by atoms with Crippen LogP contribution in [0, 0.1) is 23.7 Å². The number of ether oxygens (including phenoxy) is 3. The van der Waals surface area contributed by atoms with E-state index in [1.165, 1.54) is 5.56 Å². The number of rotatable bonds is 10. The maximum atomic E-state index is 14.4. The Morgan fingerprint density at radius 3 is 2.46 bits per heavy atom. The molecule has 9 heteroatoms. The Balaban J connectivity index is 1.28. The molecular formula is C37H47N3O6.